The Kier molecular flexibility index (Phi) is 4.13. The zero-order valence-electron chi connectivity index (χ0n) is 12.9. The summed E-state index contributed by atoms with van der Waals surface area (Å²) >= 11 is 0. The average Bonchev–Trinajstić information content (AvgIpc) is 2.67. The van der Waals surface area contributed by atoms with Crippen LogP contribution in [0.4, 0.5) is 0 Å². The van der Waals surface area contributed by atoms with Gasteiger partial charge in [0.15, 0.2) is 0 Å². The lowest BCUT2D eigenvalue weighted by atomic mass is 10.0. The maximum Gasteiger partial charge on any atom is 0.254 e. The van der Waals surface area contributed by atoms with Gasteiger partial charge in [0.25, 0.3) is 5.91 Å². The Bertz CT molecular complexity index is 672. The number of likely N-dealkylation sites (tertiary alicyclic amines) is 1. The second-order valence-electron chi connectivity index (χ2n) is 6.14. The Balaban J connectivity index is 2.43. The van der Waals surface area contributed by atoms with Crippen molar-refractivity contribution in [3.63, 3.8) is 0 Å². The summed E-state index contributed by atoms with van der Waals surface area (Å²) < 4.78 is 23.2. The fourth-order valence-electron chi connectivity index (χ4n) is 2.84. The first-order valence-corrected chi connectivity index (χ1v) is 8.59. The van der Waals surface area contributed by atoms with Crippen LogP contribution in [0.5, 0.6) is 0 Å². The molecule has 1 aromatic rings. The average molecular weight is 310 g/mol. The summed E-state index contributed by atoms with van der Waals surface area (Å²) in [5, 5.41) is 5.22. The normalized spacial score (nSPS) is 22.6. The first kappa shape index (κ1) is 16.0. The summed E-state index contributed by atoms with van der Waals surface area (Å²) in [6.45, 7) is 9.15. The molecule has 1 heterocycles. The predicted octanol–water partition coefficient (Wildman–Crippen LogP) is 1.68. The number of carbonyl (C=O) groups is 1. The third-order valence-corrected chi connectivity index (χ3v) is 5.39. The number of nitrogens with two attached hydrogens (primary N) is 1. The van der Waals surface area contributed by atoms with E-state index in [0.29, 0.717) is 36.1 Å². The smallest absolute Gasteiger partial charge is 0.254 e. The van der Waals surface area contributed by atoms with Crippen LogP contribution in [0.15, 0.2) is 17.0 Å². The molecule has 1 aromatic carbocycles. The zero-order valence-corrected chi connectivity index (χ0v) is 13.7. The first-order chi connectivity index (χ1) is 9.61. The number of sulfonamides is 1. The van der Waals surface area contributed by atoms with Crippen LogP contribution < -0.4 is 5.14 Å². The van der Waals surface area contributed by atoms with Gasteiger partial charge in [0, 0.05) is 18.7 Å². The number of amides is 1. The Morgan fingerprint density at radius 3 is 2.14 bits per heavy atom. The Morgan fingerprint density at radius 2 is 1.67 bits per heavy atom. The van der Waals surface area contributed by atoms with E-state index in [4.69, 9.17) is 5.14 Å². The van der Waals surface area contributed by atoms with Gasteiger partial charge in [0.05, 0.1) is 4.90 Å². The molecule has 0 aromatic heterocycles. The zero-order chi connectivity index (χ0) is 15.9. The standard InChI is InChI=1S/C15H22N2O3S/c1-9-5-10(2)14(21(16,19)20)6-13(9)15(18)17-7-11(3)12(4)8-17/h5-6,11-12H,7-8H2,1-4H3,(H2,16,19,20). The molecule has 0 aliphatic carbocycles. The van der Waals surface area contributed by atoms with Crippen molar-refractivity contribution in [1.29, 1.82) is 0 Å². The number of hydrogen-bond donors (Lipinski definition) is 1. The van der Waals surface area contributed by atoms with Gasteiger partial charge in [-0.25, -0.2) is 13.6 Å². The number of aryl methyl sites for hydroxylation is 2. The lowest BCUT2D eigenvalue weighted by Gasteiger charge is -2.18. The molecule has 0 spiro atoms. The SMILES string of the molecule is Cc1cc(C)c(S(N)(=O)=O)cc1C(=O)N1CC(C)C(C)C1. The lowest BCUT2D eigenvalue weighted by Crippen LogP contribution is -2.30. The third-order valence-electron chi connectivity index (χ3n) is 4.33. The molecule has 1 aliphatic heterocycles. The van der Waals surface area contributed by atoms with Gasteiger partial charge in [-0.1, -0.05) is 19.9 Å². The largest absolute Gasteiger partial charge is 0.338 e. The second kappa shape index (κ2) is 5.42. The molecule has 5 nitrogen and oxygen atoms in total. The van der Waals surface area contributed by atoms with Crippen molar-refractivity contribution >= 4 is 15.9 Å². The summed E-state index contributed by atoms with van der Waals surface area (Å²) in [4.78, 5) is 14.5. The Hall–Kier alpha value is -1.40. The minimum atomic E-state index is -3.82. The van der Waals surface area contributed by atoms with Crippen LogP contribution in [-0.4, -0.2) is 32.3 Å². The van der Waals surface area contributed by atoms with E-state index in [1.165, 1.54) is 6.07 Å². The summed E-state index contributed by atoms with van der Waals surface area (Å²) in [6.07, 6.45) is 0. The van der Waals surface area contributed by atoms with Crippen LogP contribution in [-0.2, 0) is 10.0 Å². The quantitative estimate of drug-likeness (QED) is 0.902. The topological polar surface area (TPSA) is 80.5 Å². The number of primary sulfonamides is 1. The van der Waals surface area contributed by atoms with Gasteiger partial charge < -0.3 is 4.90 Å². The number of carbonyl (C=O) groups excluding carboxylic acids is 1. The molecule has 0 radical (unpaired) electrons. The first-order valence-electron chi connectivity index (χ1n) is 7.04. The Labute approximate surface area is 126 Å². The van der Waals surface area contributed by atoms with E-state index in [2.05, 4.69) is 13.8 Å². The fourth-order valence-corrected chi connectivity index (χ4v) is 3.63. The van der Waals surface area contributed by atoms with E-state index in [1.54, 1.807) is 17.9 Å². The molecule has 116 valence electrons. The molecular formula is C15H22N2O3S. The van der Waals surface area contributed by atoms with Crippen LogP contribution >= 0.6 is 0 Å². The molecule has 0 saturated carbocycles. The molecule has 2 atom stereocenters. The van der Waals surface area contributed by atoms with Gasteiger partial charge in [-0.05, 0) is 42.9 Å². The fraction of sp³-hybridized carbons (Fsp3) is 0.533. The van der Waals surface area contributed by atoms with Crippen LogP contribution in [0.2, 0.25) is 0 Å². The highest BCUT2D eigenvalue weighted by Gasteiger charge is 2.31. The van der Waals surface area contributed by atoms with Crippen LogP contribution in [0, 0.1) is 25.7 Å². The minimum absolute atomic E-state index is 0.0248. The van der Waals surface area contributed by atoms with Crippen LogP contribution in [0.3, 0.4) is 0 Å². The monoisotopic (exact) mass is 310 g/mol. The number of hydrogen-bond acceptors (Lipinski definition) is 3. The van der Waals surface area contributed by atoms with Crippen LogP contribution in [0.25, 0.3) is 0 Å². The van der Waals surface area contributed by atoms with Gasteiger partial charge in [-0.15, -0.1) is 0 Å². The van der Waals surface area contributed by atoms with Crippen molar-refractivity contribution in [3.8, 4) is 0 Å². The lowest BCUT2D eigenvalue weighted by molar-refractivity contribution is 0.0784. The summed E-state index contributed by atoms with van der Waals surface area (Å²) in [5.41, 5.74) is 1.76. The third kappa shape index (κ3) is 3.11. The van der Waals surface area contributed by atoms with E-state index < -0.39 is 10.0 Å². The van der Waals surface area contributed by atoms with Crippen molar-refractivity contribution in [2.45, 2.75) is 32.6 Å². The maximum absolute atomic E-state index is 12.6. The van der Waals surface area contributed by atoms with Crippen molar-refractivity contribution in [2.24, 2.45) is 17.0 Å². The van der Waals surface area contributed by atoms with E-state index in [1.807, 2.05) is 6.92 Å². The van der Waals surface area contributed by atoms with E-state index >= 15 is 0 Å². The number of rotatable bonds is 2. The van der Waals surface area contributed by atoms with Crippen molar-refractivity contribution in [2.75, 3.05) is 13.1 Å². The van der Waals surface area contributed by atoms with Crippen molar-refractivity contribution in [1.82, 2.24) is 4.90 Å². The highest BCUT2D eigenvalue weighted by atomic mass is 32.2. The summed E-state index contributed by atoms with van der Waals surface area (Å²) in [5.74, 6) is 0.795. The Morgan fingerprint density at radius 1 is 1.14 bits per heavy atom. The van der Waals surface area contributed by atoms with Crippen molar-refractivity contribution in [3.05, 3.63) is 28.8 Å². The molecule has 1 saturated heterocycles. The van der Waals surface area contributed by atoms with E-state index in [0.717, 1.165) is 5.56 Å². The molecular weight excluding hydrogens is 288 g/mol. The molecule has 21 heavy (non-hydrogen) atoms. The highest BCUT2D eigenvalue weighted by molar-refractivity contribution is 7.89. The molecule has 1 aliphatic rings. The maximum atomic E-state index is 12.6. The minimum Gasteiger partial charge on any atom is -0.338 e. The second-order valence-corrected chi connectivity index (χ2v) is 7.67. The molecule has 0 bridgehead atoms. The van der Waals surface area contributed by atoms with Gasteiger partial charge in [-0.2, -0.15) is 0 Å². The molecule has 2 rings (SSSR count). The molecule has 6 heteroatoms. The predicted molar refractivity (Wildman–Crippen MR) is 81.5 cm³/mol. The van der Waals surface area contributed by atoms with E-state index in [-0.39, 0.29) is 10.8 Å². The summed E-state index contributed by atoms with van der Waals surface area (Å²) in [7, 11) is -3.82. The summed E-state index contributed by atoms with van der Waals surface area (Å²) in [6, 6.07) is 3.12. The molecule has 1 fully saturated rings. The van der Waals surface area contributed by atoms with Gasteiger partial charge in [-0.3, -0.25) is 4.79 Å². The van der Waals surface area contributed by atoms with Gasteiger partial charge in [0.1, 0.15) is 0 Å². The number of benzene rings is 1. The number of nitrogens with zero attached hydrogens (tertiary/aromatic N) is 1. The van der Waals surface area contributed by atoms with Crippen LogP contribution in [0.1, 0.15) is 35.3 Å². The van der Waals surface area contributed by atoms with Gasteiger partial charge in [0.2, 0.25) is 10.0 Å². The van der Waals surface area contributed by atoms with Gasteiger partial charge >= 0.3 is 0 Å². The highest BCUT2D eigenvalue weighted by Crippen LogP contribution is 2.26. The van der Waals surface area contributed by atoms with E-state index in [9.17, 15) is 13.2 Å². The molecule has 2 unspecified atom stereocenters. The van der Waals surface area contributed by atoms with Crippen molar-refractivity contribution < 1.29 is 13.2 Å². The molecule has 1 amide bonds. The molecule has 2 N–H and O–H groups in total.